The van der Waals surface area contributed by atoms with Crippen LogP contribution < -0.4 is 15.2 Å². The van der Waals surface area contributed by atoms with E-state index in [1.54, 1.807) is 18.2 Å². The lowest BCUT2D eigenvalue weighted by molar-refractivity contribution is 0.0702. The number of carbonyl (C=O) groups is 1. The predicted octanol–water partition coefficient (Wildman–Crippen LogP) is 1.93. The number of hydrogen-bond donors (Lipinski definition) is 3. The first kappa shape index (κ1) is 15.1. The molecule has 0 fully saturated rings. The lowest BCUT2D eigenvalue weighted by atomic mass is 10.0. The average molecular weight is 358 g/mol. The molecule has 0 radical (unpaired) electrons. The minimum absolute atomic E-state index is 0.0526. The van der Waals surface area contributed by atoms with E-state index in [1.807, 2.05) is 0 Å². The third-order valence-electron chi connectivity index (χ3n) is 3.59. The van der Waals surface area contributed by atoms with Crippen molar-refractivity contribution in [3.8, 4) is 11.5 Å². The van der Waals surface area contributed by atoms with Gasteiger partial charge in [-0.2, -0.15) is 0 Å². The fourth-order valence-electron chi connectivity index (χ4n) is 2.51. The van der Waals surface area contributed by atoms with Gasteiger partial charge in [0.2, 0.25) is 12.7 Å². The number of aromatic nitrogens is 2. The number of carboxylic acid groups (broad SMARTS) is 1. The van der Waals surface area contributed by atoms with Gasteiger partial charge < -0.3 is 25.5 Å². The number of benzene rings is 1. The molecule has 10 heteroatoms. The van der Waals surface area contributed by atoms with Gasteiger partial charge in [0.25, 0.3) is 0 Å². The van der Waals surface area contributed by atoms with Crippen LogP contribution in [0.4, 0.5) is 5.95 Å². The molecule has 4 rings (SSSR count). The monoisotopic (exact) mass is 358 g/mol. The molecule has 0 amide bonds. The van der Waals surface area contributed by atoms with Crippen LogP contribution in [0.1, 0.15) is 20.9 Å². The standard InChI is InChI=1S/C15H10N4O5S/c16-15-17-12(7-4-10(14(20)21)25-13(7)18-15)11(19-22)6-1-2-8-9(3-6)24-5-23-8/h1-4,22H,5H2,(H,20,21)(H2,16,17,18)/b19-11-. The summed E-state index contributed by atoms with van der Waals surface area (Å²) in [5, 5.41) is 22.5. The van der Waals surface area contributed by atoms with Crippen molar-refractivity contribution < 1.29 is 24.6 Å². The summed E-state index contributed by atoms with van der Waals surface area (Å²) in [6.45, 7) is 0.113. The third kappa shape index (κ3) is 2.48. The first-order valence-corrected chi connectivity index (χ1v) is 7.81. The molecule has 0 aliphatic carbocycles. The number of anilines is 1. The van der Waals surface area contributed by atoms with E-state index in [0.717, 1.165) is 11.3 Å². The Morgan fingerprint density at radius 3 is 2.80 bits per heavy atom. The molecule has 25 heavy (non-hydrogen) atoms. The number of fused-ring (bicyclic) bond motifs is 2. The van der Waals surface area contributed by atoms with Crippen LogP contribution in [-0.4, -0.2) is 38.8 Å². The molecule has 0 unspecified atom stereocenters. The third-order valence-corrected chi connectivity index (χ3v) is 4.61. The Morgan fingerprint density at radius 1 is 1.24 bits per heavy atom. The molecule has 0 saturated heterocycles. The first-order chi connectivity index (χ1) is 12.1. The topological polar surface area (TPSA) is 140 Å². The zero-order valence-electron chi connectivity index (χ0n) is 12.5. The maximum Gasteiger partial charge on any atom is 0.345 e. The van der Waals surface area contributed by atoms with Gasteiger partial charge in [-0.3, -0.25) is 0 Å². The van der Waals surface area contributed by atoms with Gasteiger partial charge in [0.1, 0.15) is 21.1 Å². The average Bonchev–Trinajstić information content (AvgIpc) is 3.21. The maximum absolute atomic E-state index is 11.2. The smallest absolute Gasteiger partial charge is 0.345 e. The SMILES string of the molecule is Nc1nc(/C(=N\O)c2ccc3c(c2)OCO3)c2cc(C(=O)O)sc2n1. The van der Waals surface area contributed by atoms with Crippen LogP contribution in [-0.2, 0) is 0 Å². The Balaban J connectivity index is 1.91. The van der Waals surface area contributed by atoms with E-state index >= 15 is 0 Å². The molecule has 0 spiro atoms. The van der Waals surface area contributed by atoms with Crippen LogP contribution in [0.25, 0.3) is 10.2 Å². The number of oxime groups is 1. The van der Waals surface area contributed by atoms with E-state index in [1.165, 1.54) is 6.07 Å². The van der Waals surface area contributed by atoms with E-state index in [0.29, 0.717) is 27.3 Å². The number of thiophene rings is 1. The molecule has 4 N–H and O–H groups in total. The number of nitrogen functional groups attached to an aromatic ring is 1. The normalized spacial score (nSPS) is 13.4. The van der Waals surface area contributed by atoms with Crippen molar-refractivity contribution in [3.05, 3.63) is 40.4 Å². The molecule has 1 aliphatic rings. The zero-order chi connectivity index (χ0) is 17.6. The molecule has 0 bridgehead atoms. The van der Waals surface area contributed by atoms with E-state index < -0.39 is 5.97 Å². The Kier molecular flexibility index (Phi) is 3.39. The highest BCUT2D eigenvalue weighted by atomic mass is 32.1. The summed E-state index contributed by atoms with van der Waals surface area (Å²) in [4.78, 5) is 19.9. The molecule has 1 aromatic carbocycles. The quantitative estimate of drug-likeness (QED) is 0.366. The largest absolute Gasteiger partial charge is 0.477 e. The fraction of sp³-hybridized carbons (Fsp3) is 0.0667. The van der Waals surface area contributed by atoms with Gasteiger partial charge >= 0.3 is 5.97 Å². The molecule has 0 atom stereocenters. The molecular weight excluding hydrogens is 348 g/mol. The summed E-state index contributed by atoms with van der Waals surface area (Å²) in [6, 6.07) is 6.43. The predicted molar refractivity (Wildman–Crippen MR) is 88.8 cm³/mol. The van der Waals surface area contributed by atoms with Gasteiger partial charge in [-0.05, 0) is 24.3 Å². The lowest BCUT2D eigenvalue weighted by Gasteiger charge is -2.07. The van der Waals surface area contributed by atoms with Gasteiger partial charge in [0, 0.05) is 10.9 Å². The van der Waals surface area contributed by atoms with Gasteiger partial charge in [-0.15, -0.1) is 11.3 Å². The van der Waals surface area contributed by atoms with Gasteiger partial charge in [0.05, 0.1) is 0 Å². The molecule has 126 valence electrons. The van der Waals surface area contributed by atoms with Crippen LogP contribution in [0.3, 0.4) is 0 Å². The van der Waals surface area contributed by atoms with E-state index in [4.69, 9.17) is 15.2 Å². The summed E-state index contributed by atoms with van der Waals surface area (Å²) >= 11 is 0.965. The fourth-order valence-corrected chi connectivity index (χ4v) is 3.39. The first-order valence-electron chi connectivity index (χ1n) is 6.99. The summed E-state index contributed by atoms with van der Waals surface area (Å²) in [5.74, 6) is -0.0492. The van der Waals surface area contributed by atoms with Crippen LogP contribution in [0.5, 0.6) is 11.5 Å². The Labute approximate surface area is 144 Å². The molecule has 0 saturated carbocycles. The minimum Gasteiger partial charge on any atom is -0.477 e. The maximum atomic E-state index is 11.2. The van der Waals surface area contributed by atoms with Crippen molar-refractivity contribution in [2.75, 3.05) is 12.5 Å². The number of rotatable bonds is 3. The highest BCUT2D eigenvalue weighted by molar-refractivity contribution is 7.20. The molecule has 3 heterocycles. The molecule has 1 aliphatic heterocycles. The highest BCUT2D eigenvalue weighted by Crippen LogP contribution is 2.34. The second kappa shape index (κ2) is 5.60. The second-order valence-corrected chi connectivity index (χ2v) is 6.11. The van der Waals surface area contributed by atoms with E-state index in [2.05, 4.69) is 15.1 Å². The second-order valence-electron chi connectivity index (χ2n) is 5.08. The molecule has 3 aromatic rings. The lowest BCUT2D eigenvalue weighted by Crippen LogP contribution is -2.09. The molecule has 2 aromatic heterocycles. The van der Waals surface area contributed by atoms with Crippen LogP contribution >= 0.6 is 11.3 Å². The summed E-state index contributed by atoms with van der Waals surface area (Å²) in [5.41, 5.74) is 6.58. The number of carboxylic acids is 1. The number of hydrogen-bond acceptors (Lipinski definition) is 9. The Bertz CT molecular complexity index is 1050. The highest BCUT2D eigenvalue weighted by Gasteiger charge is 2.22. The summed E-state index contributed by atoms with van der Waals surface area (Å²) in [7, 11) is 0. The van der Waals surface area contributed by atoms with Crippen LogP contribution in [0.2, 0.25) is 0 Å². The number of nitrogens with zero attached hydrogens (tertiary/aromatic N) is 3. The van der Waals surface area contributed by atoms with Crippen molar-refractivity contribution in [2.45, 2.75) is 0 Å². The Morgan fingerprint density at radius 2 is 2.04 bits per heavy atom. The zero-order valence-corrected chi connectivity index (χ0v) is 13.3. The number of ether oxygens (including phenoxy) is 2. The van der Waals surface area contributed by atoms with Crippen molar-refractivity contribution in [1.82, 2.24) is 9.97 Å². The summed E-state index contributed by atoms with van der Waals surface area (Å²) in [6.07, 6.45) is 0. The molecule has 9 nitrogen and oxygen atoms in total. The van der Waals surface area contributed by atoms with Crippen molar-refractivity contribution >= 4 is 39.2 Å². The van der Waals surface area contributed by atoms with Gasteiger partial charge in [-0.1, -0.05) is 5.16 Å². The number of aromatic carboxylic acids is 1. The van der Waals surface area contributed by atoms with E-state index in [9.17, 15) is 15.1 Å². The van der Waals surface area contributed by atoms with Gasteiger partial charge in [-0.25, -0.2) is 14.8 Å². The van der Waals surface area contributed by atoms with Crippen molar-refractivity contribution in [3.63, 3.8) is 0 Å². The van der Waals surface area contributed by atoms with Crippen LogP contribution in [0, 0.1) is 0 Å². The van der Waals surface area contributed by atoms with Crippen molar-refractivity contribution in [2.24, 2.45) is 5.16 Å². The van der Waals surface area contributed by atoms with Gasteiger partial charge in [0.15, 0.2) is 11.5 Å². The van der Waals surface area contributed by atoms with Crippen LogP contribution in [0.15, 0.2) is 29.4 Å². The molecular formula is C15H10N4O5S. The Hall–Kier alpha value is -3.40. The van der Waals surface area contributed by atoms with Crippen molar-refractivity contribution in [1.29, 1.82) is 0 Å². The van der Waals surface area contributed by atoms with E-state index in [-0.39, 0.29) is 29.0 Å². The minimum atomic E-state index is -1.09. The summed E-state index contributed by atoms with van der Waals surface area (Å²) < 4.78 is 10.6. The number of nitrogens with two attached hydrogens (primary N) is 1.